The number of hydrogen-bond donors (Lipinski definition) is 3. The molecule has 1 atom stereocenters. The fourth-order valence-corrected chi connectivity index (χ4v) is 3.10. The van der Waals surface area contributed by atoms with Crippen LogP contribution in [0.4, 0.5) is 4.39 Å². The van der Waals surface area contributed by atoms with Gasteiger partial charge in [0.25, 0.3) is 0 Å². The quantitative estimate of drug-likeness (QED) is 0.352. The monoisotopic (exact) mass is 475 g/mol. The summed E-state index contributed by atoms with van der Waals surface area (Å²) in [5.41, 5.74) is 1.99. The smallest absolute Gasteiger partial charge is 0.191 e. The molecule has 0 amide bonds. The Morgan fingerprint density at radius 2 is 2.27 bits per heavy atom. The van der Waals surface area contributed by atoms with Crippen LogP contribution in [0.25, 0.3) is 10.9 Å². The molecule has 0 spiro atoms. The number of ether oxygens (including phenoxy) is 1. The van der Waals surface area contributed by atoms with Crippen molar-refractivity contribution in [1.29, 1.82) is 0 Å². The highest BCUT2D eigenvalue weighted by Crippen LogP contribution is 2.19. The summed E-state index contributed by atoms with van der Waals surface area (Å²) in [5.74, 6) is 0.543. The Morgan fingerprint density at radius 1 is 1.42 bits per heavy atom. The van der Waals surface area contributed by atoms with Gasteiger partial charge in [-0.15, -0.1) is 24.0 Å². The number of aromatic amines is 1. The number of guanidine groups is 1. The summed E-state index contributed by atoms with van der Waals surface area (Å²) in [5, 5.41) is 7.69. The molecule has 1 aliphatic rings. The highest BCUT2D eigenvalue weighted by atomic mass is 127. The Labute approximate surface area is 170 Å². The van der Waals surface area contributed by atoms with Gasteiger partial charge in [-0.1, -0.05) is 0 Å². The fraction of sp³-hybridized carbons (Fsp3) is 0.500. The van der Waals surface area contributed by atoms with E-state index in [-0.39, 0.29) is 35.9 Å². The lowest BCUT2D eigenvalue weighted by atomic mass is 10.1. The maximum Gasteiger partial charge on any atom is 0.191 e. The van der Waals surface area contributed by atoms with Crippen molar-refractivity contribution in [3.8, 4) is 0 Å². The summed E-state index contributed by atoms with van der Waals surface area (Å²) in [6.07, 6.45) is 2.95. The second-order valence-electron chi connectivity index (χ2n) is 6.39. The van der Waals surface area contributed by atoms with Crippen LogP contribution in [-0.4, -0.2) is 68.8 Å². The van der Waals surface area contributed by atoms with E-state index in [0.29, 0.717) is 0 Å². The fourth-order valence-electron chi connectivity index (χ4n) is 3.10. The van der Waals surface area contributed by atoms with Gasteiger partial charge in [0.05, 0.1) is 12.7 Å². The Bertz CT molecular complexity index is 735. The van der Waals surface area contributed by atoms with Gasteiger partial charge in [0.1, 0.15) is 5.82 Å². The van der Waals surface area contributed by atoms with Crippen molar-refractivity contribution < 1.29 is 9.13 Å². The minimum Gasteiger partial charge on any atom is -0.374 e. The van der Waals surface area contributed by atoms with Crippen molar-refractivity contribution in [2.75, 3.05) is 46.9 Å². The highest BCUT2D eigenvalue weighted by Gasteiger charge is 2.17. The second kappa shape index (κ2) is 10.1. The number of rotatable bonds is 5. The van der Waals surface area contributed by atoms with Gasteiger partial charge in [-0.2, -0.15) is 0 Å². The lowest BCUT2D eigenvalue weighted by Gasteiger charge is -2.30. The van der Waals surface area contributed by atoms with Crippen molar-refractivity contribution in [2.45, 2.75) is 12.5 Å². The molecule has 3 rings (SSSR count). The number of aromatic nitrogens is 1. The molecule has 144 valence electrons. The Balaban J connectivity index is 0.00000243. The zero-order chi connectivity index (χ0) is 17.6. The van der Waals surface area contributed by atoms with Gasteiger partial charge < -0.3 is 25.3 Å². The molecule has 6 nitrogen and oxygen atoms in total. The molecule has 1 aromatic carbocycles. The summed E-state index contributed by atoms with van der Waals surface area (Å²) in [7, 11) is 3.87. The van der Waals surface area contributed by atoms with Crippen LogP contribution in [0.1, 0.15) is 5.56 Å². The zero-order valence-corrected chi connectivity index (χ0v) is 17.5. The molecule has 8 heteroatoms. The third-order valence-corrected chi connectivity index (χ3v) is 4.48. The number of fused-ring (bicyclic) bond motifs is 1. The number of likely N-dealkylation sites (N-methyl/N-ethyl adjacent to an activating group) is 1. The molecule has 0 bridgehead atoms. The van der Waals surface area contributed by atoms with Gasteiger partial charge in [0.2, 0.25) is 0 Å². The number of benzene rings is 1. The van der Waals surface area contributed by atoms with Crippen LogP contribution in [0.2, 0.25) is 0 Å². The molecule has 1 aliphatic heterocycles. The third-order valence-electron chi connectivity index (χ3n) is 4.48. The van der Waals surface area contributed by atoms with Crippen molar-refractivity contribution in [1.82, 2.24) is 20.5 Å². The number of aliphatic imine (C=N–C) groups is 1. The van der Waals surface area contributed by atoms with Crippen LogP contribution in [0.3, 0.4) is 0 Å². The molecule has 1 fully saturated rings. The second-order valence-corrected chi connectivity index (χ2v) is 6.39. The molecular weight excluding hydrogens is 448 g/mol. The Morgan fingerprint density at radius 3 is 3.04 bits per heavy atom. The maximum absolute atomic E-state index is 13.2. The lowest BCUT2D eigenvalue weighted by molar-refractivity contribution is -0.0161. The van der Waals surface area contributed by atoms with Crippen molar-refractivity contribution in [2.24, 2.45) is 4.99 Å². The van der Waals surface area contributed by atoms with E-state index < -0.39 is 0 Å². The van der Waals surface area contributed by atoms with Crippen LogP contribution >= 0.6 is 24.0 Å². The standard InChI is InChI=1S/C18H26FN5O.HI/c1-20-18(23-11-15-12-24(2)7-8-25-15)21-6-5-13-10-22-17-9-14(19)3-4-16(13)17;/h3-4,9-10,15,22H,5-8,11-12H2,1-2H3,(H2,20,21,23);1H. The van der Waals surface area contributed by atoms with Gasteiger partial charge in [-0.3, -0.25) is 4.99 Å². The molecule has 26 heavy (non-hydrogen) atoms. The molecule has 0 aliphatic carbocycles. The number of nitrogens with zero attached hydrogens (tertiary/aromatic N) is 2. The zero-order valence-electron chi connectivity index (χ0n) is 15.2. The summed E-state index contributed by atoms with van der Waals surface area (Å²) in [4.78, 5) is 9.64. The van der Waals surface area contributed by atoms with Crippen LogP contribution in [-0.2, 0) is 11.2 Å². The Kier molecular flexibility index (Phi) is 8.11. The highest BCUT2D eigenvalue weighted by molar-refractivity contribution is 14.0. The summed E-state index contributed by atoms with van der Waals surface area (Å²) in [6.45, 7) is 4.16. The SMILES string of the molecule is CN=C(NCCc1c[nH]c2cc(F)ccc12)NCC1CN(C)CCO1.I. The minimum absolute atomic E-state index is 0. The van der Waals surface area contributed by atoms with Crippen LogP contribution in [0.15, 0.2) is 29.4 Å². The molecule has 0 radical (unpaired) electrons. The average Bonchev–Trinajstić information content (AvgIpc) is 3.00. The largest absolute Gasteiger partial charge is 0.374 e. The lowest BCUT2D eigenvalue weighted by Crippen LogP contribution is -2.48. The predicted molar refractivity (Wildman–Crippen MR) is 114 cm³/mol. The first-order valence-electron chi connectivity index (χ1n) is 8.66. The van der Waals surface area contributed by atoms with E-state index in [2.05, 4.69) is 32.6 Å². The van der Waals surface area contributed by atoms with Crippen molar-refractivity contribution >= 4 is 40.8 Å². The molecule has 1 saturated heterocycles. The molecule has 3 N–H and O–H groups in total. The summed E-state index contributed by atoms with van der Waals surface area (Å²) in [6, 6.07) is 4.84. The third kappa shape index (κ3) is 5.55. The van der Waals surface area contributed by atoms with E-state index in [9.17, 15) is 4.39 Å². The minimum atomic E-state index is -0.223. The Hall–Kier alpha value is -1.39. The van der Waals surface area contributed by atoms with Crippen LogP contribution in [0, 0.1) is 5.82 Å². The van der Waals surface area contributed by atoms with E-state index in [1.165, 1.54) is 12.1 Å². The van der Waals surface area contributed by atoms with Crippen LogP contribution < -0.4 is 10.6 Å². The van der Waals surface area contributed by atoms with Crippen molar-refractivity contribution in [3.63, 3.8) is 0 Å². The van der Waals surface area contributed by atoms with Gasteiger partial charge in [0, 0.05) is 50.3 Å². The maximum atomic E-state index is 13.2. The molecule has 1 unspecified atom stereocenters. The topological polar surface area (TPSA) is 64.7 Å². The first kappa shape index (κ1) is 20.9. The number of halogens is 2. The summed E-state index contributed by atoms with van der Waals surface area (Å²) >= 11 is 0. The van der Waals surface area contributed by atoms with E-state index in [0.717, 1.165) is 61.6 Å². The first-order chi connectivity index (χ1) is 12.2. The normalized spacial score (nSPS) is 18.6. The van der Waals surface area contributed by atoms with E-state index in [1.807, 2.05) is 12.3 Å². The number of hydrogen-bond acceptors (Lipinski definition) is 3. The van der Waals surface area contributed by atoms with Crippen molar-refractivity contribution in [3.05, 3.63) is 35.8 Å². The molecular formula is C18H27FIN5O. The molecule has 2 heterocycles. The number of nitrogens with one attached hydrogen (secondary N) is 3. The van der Waals surface area contributed by atoms with Crippen LogP contribution in [0.5, 0.6) is 0 Å². The molecule has 2 aromatic rings. The first-order valence-corrected chi connectivity index (χ1v) is 8.66. The molecule has 1 aromatic heterocycles. The number of morpholine rings is 1. The predicted octanol–water partition coefficient (Wildman–Crippen LogP) is 1.96. The number of H-pyrrole nitrogens is 1. The van der Waals surface area contributed by atoms with Gasteiger partial charge in [-0.25, -0.2) is 4.39 Å². The van der Waals surface area contributed by atoms with Gasteiger partial charge >= 0.3 is 0 Å². The van der Waals surface area contributed by atoms with E-state index in [4.69, 9.17) is 4.74 Å². The average molecular weight is 475 g/mol. The van der Waals surface area contributed by atoms with E-state index >= 15 is 0 Å². The van der Waals surface area contributed by atoms with Gasteiger partial charge in [0.15, 0.2) is 5.96 Å². The molecule has 0 saturated carbocycles. The summed E-state index contributed by atoms with van der Waals surface area (Å²) < 4.78 is 19.0. The van der Waals surface area contributed by atoms with E-state index in [1.54, 1.807) is 7.05 Å². The van der Waals surface area contributed by atoms with Gasteiger partial charge in [-0.05, 0) is 37.2 Å².